The van der Waals surface area contributed by atoms with Crippen LogP contribution in [-0.4, -0.2) is 32.9 Å². The fourth-order valence-corrected chi connectivity index (χ4v) is 5.01. The molecule has 0 fully saturated rings. The van der Waals surface area contributed by atoms with Gasteiger partial charge >= 0.3 is 5.97 Å². The Hall–Kier alpha value is -6.35. The minimum absolute atomic E-state index is 0.0229. The van der Waals surface area contributed by atoms with E-state index < -0.39 is 11.9 Å². The molecule has 0 aliphatic rings. The molecule has 0 saturated heterocycles. The highest BCUT2D eigenvalue weighted by Crippen LogP contribution is 2.36. The van der Waals surface area contributed by atoms with Crippen LogP contribution in [0.15, 0.2) is 133 Å². The van der Waals surface area contributed by atoms with Crippen molar-refractivity contribution < 1.29 is 28.9 Å². The molecule has 0 radical (unpaired) electrons. The third-order valence-electron chi connectivity index (χ3n) is 7.25. The first kappa shape index (κ1) is 31.6. The van der Waals surface area contributed by atoms with Crippen molar-refractivity contribution in [2.45, 2.75) is 26.6 Å². The molecule has 6 rings (SSSR count). The largest absolute Gasteiger partial charge is 0.491 e. The number of nitrogens with one attached hydrogen (secondary N) is 1. The number of aromatic carboxylic acids is 1. The van der Waals surface area contributed by atoms with Gasteiger partial charge in [-0.15, -0.1) is 0 Å². The SMILES string of the molecule is CC(C)Oc1ccc(C(=O)Nc2c(C(=O)O)nn(-c3ccc(Oc4ccccc4)cc3)c2-c2ccc(OCc3ccccc3)cc2)cc1. The first-order valence-electron chi connectivity index (χ1n) is 15.4. The number of rotatable bonds is 12. The third-order valence-corrected chi connectivity index (χ3v) is 7.25. The zero-order valence-electron chi connectivity index (χ0n) is 26.4. The summed E-state index contributed by atoms with van der Waals surface area (Å²) < 4.78 is 19.1. The van der Waals surface area contributed by atoms with Crippen LogP contribution in [0.2, 0.25) is 0 Å². The van der Waals surface area contributed by atoms with E-state index in [1.165, 1.54) is 4.68 Å². The number of hydrogen-bond donors (Lipinski definition) is 2. The second kappa shape index (κ2) is 14.4. The van der Waals surface area contributed by atoms with Crippen molar-refractivity contribution in [3.8, 4) is 39.9 Å². The van der Waals surface area contributed by atoms with Crippen molar-refractivity contribution in [3.05, 3.63) is 150 Å². The highest BCUT2D eigenvalue weighted by Gasteiger charge is 2.27. The van der Waals surface area contributed by atoms with Crippen LogP contribution in [0.25, 0.3) is 16.9 Å². The van der Waals surface area contributed by atoms with Crippen molar-refractivity contribution in [2.75, 3.05) is 5.32 Å². The number of carbonyl (C=O) groups is 2. The van der Waals surface area contributed by atoms with Gasteiger partial charge < -0.3 is 24.6 Å². The molecule has 0 saturated carbocycles. The van der Waals surface area contributed by atoms with E-state index in [4.69, 9.17) is 14.2 Å². The molecule has 0 spiro atoms. The lowest BCUT2D eigenvalue weighted by Gasteiger charge is -2.13. The smallest absolute Gasteiger partial charge is 0.358 e. The molecule has 2 N–H and O–H groups in total. The molecule has 0 aliphatic heterocycles. The molecular formula is C39H33N3O6. The Morgan fingerprint density at radius 2 is 1.31 bits per heavy atom. The molecule has 6 aromatic rings. The third kappa shape index (κ3) is 7.54. The summed E-state index contributed by atoms with van der Waals surface area (Å²) in [5.41, 5.74) is 2.65. The summed E-state index contributed by atoms with van der Waals surface area (Å²) in [7, 11) is 0. The molecule has 0 unspecified atom stereocenters. The summed E-state index contributed by atoms with van der Waals surface area (Å²) in [5.74, 6) is 0.734. The zero-order valence-corrected chi connectivity index (χ0v) is 26.4. The maximum absolute atomic E-state index is 13.5. The monoisotopic (exact) mass is 639 g/mol. The molecular weight excluding hydrogens is 606 g/mol. The predicted octanol–water partition coefficient (Wildman–Crippen LogP) is 8.65. The van der Waals surface area contributed by atoms with Crippen LogP contribution in [0, 0.1) is 0 Å². The quantitative estimate of drug-likeness (QED) is 0.138. The molecule has 9 nitrogen and oxygen atoms in total. The minimum Gasteiger partial charge on any atom is -0.491 e. The summed E-state index contributed by atoms with van der Waals surface area (Å²) in [5, 5.41) is 17.6. The van der Waals surface area contributed by atoms with Crippen LogP contribution < -0.4 is 19.5 Å². The van der Waals surface area contributed by atoms with Crippen LogP contribution >= 0.6 is 0 Å². The Bertz CT molecular complexity index is 1990. The normalized spacial score (nSPS) is 10.8. The zero-order chi connectivity index (χ0) is 33.5. The van der Waals surface area contributed by atoms with Gasteiger partial charge in [-0.25, -0.2) is 9.48 Å². The van der Waals surface area contributed by atoms with Crippen molar-refractivity contribution in [2.24, 2.45) is 0 Å². The van der Waals surface area contributed by atoms with Gasteiger partial charge in [0.1, 0.15) is 35.3 Å². The molecule has 1 aromatic heterocycles. The van der Waals surface area contributed by atoms with E-state index in [0.717, 1.165) is 5.56 Å². The number of carbonyl (C=O) groups excluding carboxylic acids is 1. The fourth-order valence-electron chi connectivity index (χ4n) is 5.01. The second-order valence-corrected chi connectivity index (χ2v) is 11.1. The molecule has 0 bridgehead atoms. The lowest BCUT2D eigenvalue weighted by Crippen LogP contribution is -2.15. The molecule has 5 aromatic carbocycles. The van der Waals surface area contributed by atoms with Gasteiger partial charge in [0, 0.05) is 11.1 Å². The van der Waals surface area contributed by atoms with Crippen molar-refractivity contribution in [3.63, 3.8) is 0 Å². The molecule has 9 heteroatoms. The van der Waals surface area contributed by atoms with Gasteiger partial charge in [0.2, 0.25) is 0 Å². The standard InChI is InChI=1S/C39H33N3O6/c1-26(2)47-33-21-15-29(16-22-33)38(43)40-35-36(39(44)45)41-42(30-17-23-34(24-18-30)48-32-11-7-4-8-12-32)37(35)28-13-19-31(20-14-28)46-25-27-9-5-3-6-10-27/h3-24,26H,25H2,1-2H3,(H,40,43)(H,44,45). The average molecular weight is 640 g/mol. The highest BCUT2D eigenvalue weighted by molar-refractivity contribution is 6.10. The van der Waals surface area contributed by atoms with Crippen molar-refractivity contribution in [1.82, 2.24) is 9.78 Å². The van der Waals surface area contributed by atoms with Gasteiger partial charge in [0.15, 0.2) is 5.69 Å². The number of carboxylic acid groups (broad SMARTS) is 1. The van der Waals surface area contributed by atoms with E-state index in [9.17, 15) is 14.7 Å². The predicted molar refractivity (Wildman–Crippen MR) is 183 cm³/mol. The summed E-state index contributed by atoms with van der Waals surface area (Å²) in [6.07, 6.45) is -0.0229. The summed E-state index contributed by atoms with van der Waals surface area (Å²) >= 11 is 0. The van der Waals surface area contributed by atoms with E-state index in [-0.39, 0.29) is 17.5 Å². The first-order valence-corrected chi connectivity index (χ1v) is 15.4. The Kier molecular flexibility index (Phi) is 9.48. The summed E-state index contributed by atoms with van der Waals surface area (Å²) in [4.78, 5) is 26.1. The summed E-state index contributed by atoms with van der Waals surface area (Å²) in [6, 6.07) is 40.1. The van der Waals surface area contributed by atoms with Gasteiger partial charge in [0.05, 0.1) is 17.5 Å². The Morgan fingerprint density at radius 1 is 0.729 bits per heavy atom. The van der Waals surface area contributed by atoms with E-state index in [0.29, 0.717) is 52.1 Å². The molecule has 0 atom stereocenters. The first-order chi connectivity index (χ1) is 23.3. The van der Waals surface area contributed by atoms with Gasteiger partial charge in [-0.1, -0.05) is 48.5 Å². The highest BCUT2D eigenvalue weighted by atomic mass is 16.5. The fraction of sp³-hybridized carbons (Fsp3) is 0.103. The van der Waals surface area contributed by atoms with Crippen molar-refractivity contribution >= 4 is 17.6 Å². The van der Waals surface area contributed by atoms with Crippen LogP contribution in [0.1, 0.15) is 40.3 Å². The van der Waals surface area contributed by atoms with E-state index in [1.54, 1.807) is 72.8 Å². The van der Waals surface area contributed by atoms with E-state index in [1.807, 2.05) is 74.5 Å². The van der Waals surface area contributed by atoms with Gasteiger partial charge in [-0.2, -0.15) is 5.10 Å². The number of amides is 1. The molecule has 240 valence electrons. The van der Waals surface area contributed by atoms with Crippen LogP contribution in [0.3, 0.4) is 0 Å². The Morgan fingerprint density at radius 3 is 1.94 bits per heavy atom. The minimum atomic E-state index is -1.29. The maximum Gasteiger partial charge on any atom is 0.358 e. The average Bonchev–Trinajstić information content (AvgIpc) is 3.48. The number of benzene rings is 5. The molecule has 1 heterocycles. The topological polar surface area (TPSA) is 112 Å². The number of ether oxygens (including phenoxy) is 3. The van der Waals surface area contributed by atoms with Crippen LogP contribution in [0.5, 0.6) is 23.0 Å². The van der Waals surface area contributed by atoms with Crippen LogP contribution in [-0.2, 0) is 6.61 Å². The Balaban J connectivity index is 1.36. The number of aromatic nitrogens is 2. The molecule has 48 heavy (non-hydrogen) atoms. The van der Waals surface area contributed by atoms with Gasteiger partial charge in [-0.3, -0.25) is 4.79 Å². The van der Waals surface area contributed by atoms with Gasteiger partial charge in [0.25, 0.3) is 5.91 Å². The van der Waals surface area contributed by atoms with E-state index in [2.05, 4.69) is 10.4 Å². The van der Waals surface area contributed by atoms with E-state index >= 15 is 0 Å². The number of carboxylic acids is 1. The van der Waals surface area contributed by atoms with Crippen LogP contribution in [0.4, 0.5) is 5.69 Å². The maximum atomic E-state index is 13.5. The number of nitrogens with zero attached hydrogens (tertiary/aromatic N) is 2. The lowest BCUT2D eigenvalue weighted by molar-refractivity contribution is 0.0691. The molecule has 0 aliphatic carbocycles. The summed E-state index contributed by atoms with van der Waals surface area (Å²) in [6.45, 7) is 4.22. The lowest BCUT2D eigenvalue weighted by atomic mass is 10.1. The number of hydrogen-bond acceptors (Lipinski definition) is 6. The van der Waals surface area contributed by atoms with Gasteiger partial charge in [-0.05, 0) is 104 Å². The molecule has 1 amide bonds. The number of anilines is 1. The Labute approximate surface area is 278 Å². The second-order valence-electron chi connectivity index (χ2n) is 11.1. The van der Waals surface area contributed by atoms with Crippen molar-refractivity contribution in [1.29, 1.82) is 0 Å². The number of para-hydroxylation sites is 1.